The molecule has 0 radical (unpaired) electrons. The van der Waals surface area contributed by atoms with E-state index >= 15 is 0 Å². The van der Waals surface area contributed by atoms with Crippen molar-refractivity contribution >= 4 is 10.1 Å². The molecule has 0 atom stereocenters. The number of ether oxygens (including phenoxy) is 1. The highest BCUT2D eigenvalue weighted by Crippen LogP contribution is 2.27. The number of nitrogens with zero attached hydrogens (tertiary/aromatic N) is 2. The highest BCUT2D eigenvalue weighted by molar-refractivity contribution is 7.87. The summed E-state index contributed by atoms with van der Waals surface area (Å²) in [5, 5.41) is 8.69. The molecular formula is C9H7F3N2O4S. The molecule has 0 saturated heterocycles. The molecule has 0 spiro atoms. The summed E-state index contributed by atoms with van der Waals surface area (Å²) < 4.78 is 66.4. The Hall–Kier alpha value is -2.02. The number of hydrogen-bond acceptors (Lipinski definition) is 6. The zero-order valence-corrected chi connectivity index (χ0v) is 10.2. The highest BCUT2D eigenvalue weighted by Gasteiger charge is 2.48. The number of alkyl halides is 3. The van der Waals surface area contributed by atoms with E-state index in [9.17, 15) is 21.6 Å². The molecule has 0 unspecified atom stereocenters. The van der Waals surface area contributed by atoms with Crippen LogP contribution >= 0.6 is 0 Å². The van der Waals surface area contributed by atoms with Crippen LogP contribution in [0, 0.1) is 11.3 Å². The van der Waals surface area contributed by atoms with Gasteiger partial charge in [0.15, 0.2) is 0 Å². The Labute approximate surface area is 106 Å². The molecule has 0 aliphatic heterocycles. The van der Waals surface area contributed by atoms with E-state index in [1.165, 1.54) is 0 Å². The average molecular weight is 296 g/mol. The van der Waals surface area contributed by atoms with Crippen molar-refractivity contribution < 1.29 is 30.5 Å². The third-order valence-electron chi connectivity index (χ3n) is 1.71. The topological polar surface area (TPSA) is 89.3 Å². The van der Waals surface area contributed by atoms with E-state index in [0.717, 1.165) is 12.1 Å². The highest BCUT2D eigenvalue weighted by atomic mass is 32.2. The molecule has 0 amide bonds. The number of hydrogen-bond donors (Lipinski definition) is 0. The first-order chi connectivity index (χ1) is 8.71. The second kappa shape index (κ2) is 5.31. The molecule has 1 heterocycles. The minimum Gasteiger partial charge on any atom is -0.477 e. The van der Waals surface area contributed by atoms with E-state index < -0.39 is 21.5 Å². The molecule has 0 saturated carbocycles. The van der Waals surface area contributed by atoms with E-state index in [1.54, 1.807) is 13.0 Å². The molecule has 0 aromatic carbocycles. The first kappa shape index (κ1) is 15.0. The number of nitriles is 1. The van der Waals surface area contributed by atoms with Crippen molar-refractivity contribution in [3.05, 3.63) is 17.7 Å². The molecule has 6 nitrogen and oxygen atoms in total. The molecule has 0 aliphatic carbocycles. The van der Waals surface area contributed by atoms with E-state index in [-0.39, 0.29) is 18.1 Å². The van der Waals surface area contributed by atoms with Crippen LogP contribution < -0.4 is 8.92 Å². The maximum atomic E-state index is 12.1. The lowest BCUT2D eigenvalue weighted by molar-refractivity contribution is -0.0501. The van der Waals surface area contributed by atoms with Crippen molar-refractivity contribution in [1.82, 2.24) is 4.98 Å². The summed E-state index contributed by atoms with van der Waals surface area (Å²) in [4.78, 5) is 3.39. The van der Waals surface area contributed by atoms with Gasteiger partial charge in [0.25, 0.3) is 0 Å². The molecule has 1 aromatic heterocycles. The molecule has 104 valence electrons. The van der Waals surface area contributed by atoms with Crippen LogP contribution in [-0.2, 0) is 10.1 Å². The van der Waals surface area contributed by atoms with Crippen LogP contribution in [0.1, 0.15) is 12.5 Å². The van der Waals surface area contributed by atoms with Crippen molar-refractivity contribution in [3.63, 3.8) is 0 Å². The van der Waals surface area contributed by atoms with Gasteiger partial charge in [-0.05, 0) is 13.0 Å². The van der Waals surface area contributed by atoms with Crippen LogP contribution in [0.2, 0.25) is 0 Å². The molecule has 10 heteroatoms. The van der Waals surface area contributed by atoms with Gasteiger partial charge in [0.05, 0.1) is 6.61 Å². The largest absolute Gasteiger partial charge is 0.534 e. The van der Waals surface area contributed by atoms with E-state index in [0.29, 0.717) is 0 Å². The average Bonchev–Trinajstić information content (AvgIpc) is 2.28. The van der Waals surface area contributed by atoms with Crippen molar-refractivity contribution in [3.8, 4) is 17.8 Å². The lowest BCUT2D eigenvalue weighted by Gasteiger charge is -2.10. The summed E-state index contributed by atoms with van der Waals surface area (Å²) in [5.74, 6) is -1.14. The molecule has 0 N–H and O–H groups in total. The standard InChI is InChI=1S/C9H7F3N2O4S/c1-2-17-8-6(5-13)3-4-7(14-8)18-19(15,16)9(10,11)12/h3-4H,2H2,1H3. The van der Waals surface area contributed by atoms with Crippen LogP contribution in [0.15, 0.2) is 12.1 Å². The number of pyridine rings is 1. The van der Waals surface area contributed by atoms with Crippen LogP contribution in [0.3, 0.4) is 0 Å². The minimum atomic E-state index is -5.80. The Morgan fingerprint density at radius 2 is 2.05 bits per heavy atom. The van der Waals surface area contributed by atoms with Crippen molar-refractivity contribution in [2.75, 3.05) is 6.61 Å². The summed E-state index contributed by atoms with van der Waals surface area (Å²) in [6.45, 7) is 1.65. The third kappa shape index (κ3) is 3.47. The summed E-state index contributed by atoms with van der Waals surface area (Å²) in [7, 11) is -5.80. The van der Waals surface area contributed by atoms with E-state index in [2.05, 4.69) is 9.17 Å². The van der Waals surface area contributed by atoms with E-state index in [4.69, 9.17) is 10.00 Å². The summed E-state index contributed by atoms with van der Waals surface area (Å²) >= 11 is 0. The molecular weight excluding hydrogens is 289 g/mol. The van der Waals surface area contributed by atoms with Crippen LogP contribution in [0.5, 0.6) is 11.8 Å². The zero-order chi connectivity index (χ0) is 14.7. The molecule has 0 aliphatic rings. The predicted octanol–water partition coefficient (Wildman–Crippen LogP) is 1.58. The fraction of sp³-hybridized carbons (Fsp3) is 0.333. The van der Waals surface area contributed by atoms with Gasteiger partial charge in [0.2, 0.25) is 11.8 Å². The number of rotatable bonds is 4. The van der Waals surface area contributed by atoms with E-state index in [1.807, 2.05) is 0 Å². The van der Waals surface area contributed by atoms with Crippen LogP contribution in [0.4, 0.5) is 13.2 Å². The Bertz CT molecular complexity index is 607. The fourth-order valence-corrected chi connectivity index (χ4v) is 1.37. The number of aromatic nitrogens is 1. The third-order valence-corrected chi connectivity index (χ3v) is 2.67. The Morgan fingerprint density at radius 3 is 2.53 bits per heavy atom. The van der Waals surface area contributed by atoms with Gasteiger partial charge < -0.3 is 8.92 Å². The summed E-state index contributed by atoms with van der Waals surface area (Å²) in [6, 6.07) is 3.55. The van der Waals surface area contributed by atoms with Crippen molar-refractivity contribution in [2.45, 2.75) is 12.4 Å². The van der Waals surface area contributed by atoms with Gasteiger partial charge in [0, 0.05) is 6.07 Å². The van der Waals surface area contributed by atoms with Gasteiger partial charge in [0.1, 0.15) is 11.6 Å². The monoisotopic (exact) mass is 296 g/mol. The summed E-state index contributed by atoms with van der Waals surface area (Å²) in [5.41, 5.74) is -5.62. The first-order valence-electron chi connectivity index (χ1n) is 4.76. The fourth-order valence-electron chi connectivity index (χ4n) is 0.961. The van der Waals surface area contributed by atoms with Crippen LogP contribution in [-0.4, -0.2) is 25.5 Å². The maximum Gasteiger partial charge on any atom is 0.534 e. The van der Waals surface area contributed by atoms with Gasteiger partial charge in [-0.1, -0.05) is 0 Å². The second-order valence-corrected chi connectivity index (χ2v) is 4.57. The molecule has 0 bridgehead atoms. The Balaban J connectivity index is 3.12. The number of halogens is 3. The van der Waals surface area contributed by atoms with Crippen LogP contribution in [0.25, 0.3) is 0 Å². The molecule has 1 aromatic rings. The second-order valence-electron chi connectivity index (χ2n) is 3.03. The minimum absolute atomic E-state index is 0.0568. The zero-order valence-electron chi connectivity index (χ0n) is 9.43. The smallest absolute Gasteiger partial charge is 0.477 e. The normalized spacial score (nSPS) is 11.7. The lowest BCUT2D eigenvalue weighted by atomic mass is 10.3. The first-order valence-corrected chi connectivity index (χ1v) is 6.16. The predicted molar refractivity (Wildman–Crippen MR) is 55.7 cm³/mol. The quantitative estimate of drug-likeness (QED) is 0.619. The van der Waals surface area contributed by atoms with Crippen molar-refractivity contribution in [1.29, 1.82) is 5.26 Å². The van der Waals surface area contributed by atoms with Gasteiger partial charge in [-0.2, -0.15) is 31.8 Å². The van der Waals surface area contributed by atoms with Gasteiger partial charge in [-0.3, -0.25) is 0 Å². The Kier molecular flexibility index (Phi) is 4.21. The van der Waals surface area contributed by atoms with Gasteiger partial charge in [-0.15, -0.1) is 0 Å². The molecule has 19 heavy (non-hydrogen) atoms. The van der Waals surface area contributed by atoms with Crippen molar-refractivity contribution in [2.24, 2.45) is 0 Å². The maximum absolute atomic E-state index is 12.1. The molecule has 0 fully saturated rings. The Morgan fingerprint density at radius 1 is 1.42 bits per heavy atom. The SMILES string of the molecule is CCOc1nc(OS(=O)(=O)C(F)(F)F)ccc1C#N. The molecule has 1 rings (SSSR count). The van der Waals surface area contributed by atoms with Gasteiger partial charge in [-0.25, -0.2) is 0 Å². The van der Waals surface area contributed by atoms with Gasteiger partial charge >= 0.3 is 15.6 Å². The lowest BCUT2D eigenvalue weighted by Crippen LogP contribution is -2.28. The summed E-state index contributed by atoms with van der Waals surface area (Å²) in [6.07, 6.45) is 0.